The number of amides is 1. The summed E-state index contributed by atoms with van der Waals surface area (Å²) in [5.74, 6) is 1.44. The molecule has 3 N–H and O–H groups in total. The quantitative estimate of drug-likeness (QED) is 0.445. The van der Waals surface area contributed by atoms with Crippen molar-refractivity contribution in [1.29, 1.82) is 0 Å². The van der Waals surface area contributed by atoms with Gasteiger partial charge in [-0.25, -0.2) is 9.97 Å². The predicted molar refractivity (Wildman–Crippen MR) is 120 cm³/mol. The Hall–Kier alpha value is -4.20. The lowest BCUT2D eigenvalue weighted by Crippen LogP contribution is -2.19. The van der Waals surface area contributed by atoms with Crippen LogP contribution in [0.1, 0.15) is 17.3 Å². The van der Waals surface area contributed by atoms with Crippen LogP contribution in [-0.2, 0) is 0 Å². The maximum absolute atomic E-state index is 12.3. The van der Waals surface area contributed by atoms with E-state index in [0.717, 1.165) is 5.39 Å². The van der Waals surface area contributed by atoms with Gasteiger partial charge in [0.1, 0.15) is 11.6 Å². The van der Waals surface area contributed by atoms with Gasteiger partial charge in [0.2, 0.25) is 5.56 Å². The third-order valence-corrected chi connectivity index (χ3v) is 4.67. The second kappa shape index (κ2) is 8.66. The molecule has 0 atom stereocenters. The maximum Gasteiger partial charge on any atom is 0.253 e. The van der Waals surface area contributed by atoms with Crippen LogP contribution in [0, 0.1) is 0 Å². The molecule has 156 valence electrons. The number of H-pyrrole nitrogens is 1. The number of pyridine rings is 1. The summed E-state index contributed by atoms with van der Waals surface area (Å²) in [5.41, 5.74) is 2.25. The Morgan fingerprint density at radius 3 is 2.68 bits per heavy atom. The lowest BCUT2D eigenvalue weighted by atomic mass is 10.1. The number of benzene rings is 2. The predicted octanol–water partition coefficient (Wildman–Crippen LogP) is 3.49. The third-order valence-electron chi connectivity index (χ3n) is 4.67. The summed E-state index contributed by atoms with van der Waals surface area (Å²) in [6, 6.07) is 15.8. The molecule has 0 aliphatic carbocycles. The summed E-state index contributed by atoms with van der Waals surface area (Å²) in [6.07, 6.45) is 1.57. The van der Waals surface area contributed by atoms with Crippen LogP contribution in [0.25, 0.3) is 22.3 Å². The molecule has 31 heavy (non-hydrogen) atoms. The largest absolute Gasteiger partial charge is 0.494 e. The summed E-state index contributed by atoms with van der Waals surface area (Å²) in [5, 5.41) is 6.67. The zero-order valence-corrected chi connectivity index (χ0v) is 17.1. The van der Waals surface area contributed by atoms with Crippen LogP contribution in [0.2, 0.25) is 0 Å². The fraction of sp³-hybridized carbons (Fsp3) is 0.130. The number of aromatic amines is 1. The molecule has 2 aromatic heterocycles. The Morgan fingerprint density at radius 2 is 1.94 bits per heavy atom. The van der Waals surface area contributed by atoms with Crippen LogP contribution < -0.4 is 20.9 Å². The van der Waals surface area contributed by atoms with Gasteiger partial charge >= 0.3 is 0 Å². The van der Waals surface area contributed by atoms with Crippen LogP contribution in [-0.4, -0.2) is 34.5 Å². The monoisotopic (exact) mass is 415 g/mol. The Bertz CT molecular complexity index is 1300. The maximum atomic E-state index is 12.3. The topological polar surface area (TPSA) is 109 Å². The van der Waals surface area contributed by atoms with E-state index < -0.39 is 0 Å². The highest BCUT2D eigenvalue weighted by atomic mass is 16.5. The van der Waals surface area contributed by atoms with Crippen molar-refractivity contribution in [2.45, 2.75) is 6.92 Å². The molecule has 0 saturated heterocycles. The summed E-state index contributed by atoms with van der Waals surface area (Å²) in [4.78, 5) is 35.7. The number of aromatic nitrogens is 3. The van der Waals surface area contributed by atoms with Crippen molar-refractivity contribution >= 4 is 28.3 Å². The first-order valence-electron chi connectivity index (χ1n) is 9.81. The minimum Gasteiger partial charge on any atom is -0.494 e. The molecule has 0 fully saturated rings. The average molecular weight is 415 g/mol. The minimum absolute atomic E-state index is 0.205. The van der Waals surface area contributed by atoms with Gasteiger partial charge in [-0.3, -0.25) is 9.59 Å². The SMILES string of the molecule is CCOc1ccc2nc(-c3ccc(=O)[nH]c3)nc(Nc3ccccc3C(=O)NC)c2c1. The average Bonchev–Trinajstić information content (AvgIpc) is 2.80. The number of para-hydroxylation sites is 1. The number of ether oxygens (including phenoxy) is 1. The van der Waals surface area contributed by atoms with Gasteiger partial charge in [0, 0.05) is 30.3 Å². The minimum atomic E-state index is -0.211. The molecule has 2 heterocycles. The van der Waals surface area contributed by atoms with Gasteiger partial charge < -0.3 is 20.4 Å². The first kappa shape index (κ1) is 20.1. The van der Waals surface area contributed by atoms with Gasteiger partial charge in [0.25, 0.3) is 5.91 Å². The molecule has 0 saturated carbocycles. The lowest BCUT2D eigenvalue weighted by molar-refractivity contribution is 0.0964. The van der Waals surface area contributed by atoms with E-state index in [2.05, 4.69) is 20.6 Å². The first-order chi connectivity index (χ1) is 15.1. The number of hydrogen-bond acceptors (Lipinski definition) is 6. The molecule has 0 spiro atoms. The third kappa shape index (κ3) is 4.23. The second-order valence-corrected chi connectivity index (χ2v) is 6.70. The highest BCUT2D eigenvalue weighted by molar-refractivity contribution is 6.01. The van der Waals surface area contributed by atoms with Gasteiger partial charge in [-0.2, -0.15) is 0 Å². The van der Waals surface area contributed by atoms with Crippen molar-refractivity contribution in [2.24, 2.45) is 0 Å². The zero-order valence-electron chi connectivity index (χ0n) is 17.1. The molecule has 0 aliphatic rings. The summed E-state index contributed by atoms with van der Waals surface area (Å²) < 4.78 is 5.64. The van der Waals surface area contributed by atoms with Gasteiger partial charge in [-0.1, -0.05) is 12.1 Å². The van der Waals surface area contributed by atoms with Gasteiger partial charge in [-0.05, 0) is 43.3 Å². The van der Waals surface area contributed by atoms with Crippen molar-refractivity contribution in [3.05, 3.63) is 76.7 Å². The molecule has 8 heteroatoms. The number of nitrogens with one attached hydrogen (secondary N) is 3. The van der Waals surface area contributed by atoms with E-state index in [4.69, 9.17) is 9.72 Å². The van der Waals surface area contributed by atoms with E-state index in [9.17, 15) is 9.59 Å². The Morgan fingerprint density at radius 1 is 1.10 bits per heavy atom. The molecule has 0 bridgehead atoms. The molecule has 4 rings (SSSR count). The van der Waals surface area contributed by atoms with Crippen LogP contribution in [0.3, 0.4) is 0 Å². The normalized spacial score (nSPS) is 10.6. The molecule has 4 aromatic rings. The number of carbonyl (C=O) groups is 1. The number of hydrogen-bond donors (Lipinski definition) is 3. The van der Waals surface area contributed by atoms with Gasteiger partial charge in [-0.15, -0.1) is 0 Å². The number of nitrogens with zero attached hydrogens (tertiary/aromatic N) is 2. The Kier molecular flexibility index (Phi) is 5.61. The molecule has 0 unspecified atom stereocenters. The summed E-state index contributed by atoms with van der Waals surface area (Å²) in [7, 11) is 1.59. The van der Waals surface area contributed by atoms with E-state index in [1.807, 2.05) is 37.3 Å². The zero-order chi connectivity index (χ0) is 21.8. The molecule has 8 nitrogen and oxygen atoms in total. The highest BCUT2D eigenvalue weighted by Gasteiger charge is 2.15. The highest BCUT2D eigenvalue weighted by Crippen LogP contribution is 2.31. The number of rotatable bonds is 6. The summed E-state index contributed by atoms with van der Waals surface area (Å²) in [6.45, 7) is 2.45. The molecule has 1 amide bonds. The van der Waals surface area contributed by atoms with Crippen molar-refractivity contribution in [2.75, 3.05) is 19.0 Å². The lowest BCUT2D eigenvalue weighted by Gasteiger charge is -2.14. The van der Waals surface area contributed by atoms with Gasteiger partial charge in [0.05, 0.1) is 23.4 Å². The standard InChI is InChI=1S/C23H21N5O3/c1-3-31-15-9-10-19-17(12-15)22(27-18-7-5-4-6-16(18)23(30)24-2)28-21(26-19)14-8-11-20(29)25-13-14/h4-13H,3H2,1-2H3,(H,24,30)(H,25,29)(H,26,27,28). The van der Waals surface area contributed by atoms with Crippen molar-refractivity contribution in [1.82, 2.24) is 20.3 Å². The van der Waals surface area contributed by atoms with Crippen LogP contribution in [0.15, 0.2) is 65.6 Å². The van der Waals surface area contributed by atoms with E-state index in [1.54, 1.807) is 31.4 Å². The van der Waals surface area contributed by atoms with Crippen molar-refractivity contribution in [3.8, 4) is 17.1 Å². The Labute approximate surface area is 178 Å². The number of carbonyl (C=O) groups excluding carboxylic acids is 1. The second-order valence-electron chi connectivity index (χ2n) is 6.70. The Balaban J connectivity index is 1.89. The summed E-state index contributed by atoms with van der Waals surface area (Å²) >= 11 is 0. The van der Waals surface area contributed by atoms with E-state index in [1.165, 1.54) is 6.07 Å². The smallest absolute Gasteiger partial charge is 0.253 e. The molecule has 2 aromatic carbocycles. The number of anilines is 2. The first-order valence-corrected chi connectivity index (χ1v) is 9.81. The van der Waals surface area contributed by atoms with Crippen LogP contribution in [0.5, 0.6) is 5.75 Å². The van der Waals surface area contributed by atoms with Crippen LogP contribution >= 0.6 is 0 Å². The fourth-order valence-electron chi connectivity index (χ4n) is 3.19. The van der Waals surface area contributed by atoms with E-state index in [0.29, 0.717) is 46.3 Å². The molecular weight excluding hydrogens is 394 g/mol. The van der Waals surface area contributed by atoms with E-state index >= 15 is 0 Å². The van der Waals surface area contributed by atoms with Crippen molar-refractivity contribution in [3.63, 3.8) is 0 Å². The van der Waals surface area contributed by atoms with E-state index in [-0.39, 0.29) is 11.5 Å². The fourth-order valence-corrected chi connectivity index (χ4v) is 3.19. The van der Waals surface area contributed by atoms with Crippen molar-refractivity contribution < 1.29 is 9.53 Å². The molecular formula is C23H21N5O3. The van der Waals surface area contributed by atoms with Gasteiger partial charge in [0.15, 0.2) is 5.82 Å². The number of fused-ring (bicyclic) bond motifs is 1. The van der Waals surface area contributed by atoms with Crippen LogP contribution in [0.4, 0.5) is 11.5 Å². The molecule has 0 radical (unpaired) electrons. The molecule has 0 aliphatic heterocycles.